The molecule has 1 rings (SSSR count). The Morgan fingerprint density at radius 2 is 2.07 bits per heavy atom. The fourth-order valence-corrected chi connectivity index (χ4v) is 2.13. The summed E-state index contributed by atoms with van der Waals surface area (Å²) in [6.07, 6.45) is 0.556. The smallest absolute Gasteiger partial charge is 0.316 e. The monoisotopic (exact) mass is 225 g/mol. The Bertz CT molecular complexity index is 303. The third-order valence-corrected chi connectivity index (χ3v) is 3.22. The third-order valence-electron chi connectivity index (χ3n) is 1.98. The van der Waals surface area contributed by atoms with Crippen LogP contribution in [-0.2, 0) is 11.2 Å². The lowest BCUT2D eigenvalue weighted by Crippen LogP contribution is -2.21. The summed E-state index contributed by atoms with van der Waals surface area (Å²) >= 11 is 1.40. The van der Waals surface area contributed by atoms with Crippen molar-refractivity contribution in [1.82, 2.24) is 0 Å². The van der Waals surface area contributed by atoms with Gasteiger partial charge >= 0.3 is 5.97 Å². The summed E-state index contributed by atoms with van der Waals surface area (Å²) in [4.78, 5) is 10.9. The molecule has 1 atom stereocenters. The molecule has 3 nitrogen and oxygen atoms in total. The first kappa shape index (κ1) is 12.1. The van der Waals surface area contributed by atoms with Crippen molar-refractivity contribution in [3.05, 3.63) is 35.9 Å². The van der Waals surface area contributed by atoms with Crippen LogP contribution >= 0.6 is 11.8 Å². The molecule has 82 valence electrons. The number of thioether (sulfide) groups is 1. The molecule has 0 aliphatic carbocycles. The molecule has 3 N–H and O–H groups in total. The largest absolute Gasteiger partial charge is 0.480 e. The predicted octanol–water partition coefficient (Wildman–Crippen LogP) is 1.37. The van der Waals surface area contributed by atoms with Crippen LogP contribution in [0.15, 0.2) is 30.3 Å². The van der Waals surface area contributed by atoms with Crippen molar-refractivity contribution in [2.75, 3.05) is 12.3 Å². The van der Waals surface area contributed by atoms with Crippen LogP contribution in [0.25, 0.3) is 0 Å². The van der Waals surface area contributed by atoms with Gasteiger partial charge in [-0.3, -0.25) is 4.79 Å². The van der Waals surface area contributed by atoms with Gasteiger partial charge < -0.3 is 10.8 Å². The van der Waals surface area contributed by atoms with E-state index < -0.39 is 11.2 Å². The number of hydrogen-bond acceptors (Lipinski definition) is 3. The Hall–Kier alpha value is -1.00. The minimum Gasteiger partial charge on any atom is -0.480 e. The van der Waals surface area contributed by atoms with E-state index in [0.717, 1.165) is 5.56 Å². The van der Waals surface area contributed by atoms with E-state index in [-0.39, 0.29) is 0 Å². The fourth-order valence-electron chi connectivity index (χ4n) is 1.26. The SMILES string of the molecule is NCCSC(Cc1ccccc1)C(=O)O. The lowest BCUT2D eigenvalue weighted by atomic mass is 10.1. The lowest BCUT2D eigenvalue weighted by Gasteiger charge is -2.11. The highest BCUT2D eigenvalue weighted by Crippen LogP contribution is 2.16. The van der Waals surface area contributed by atoms with E-state index in [1.54, 1.807) is 0 Å². The summed E-state index contributed by atoms with van der Waals surface area (Å²) in [6, 6.07) is 9.65. The van der Waals surface area contributed by atoms with Crippen LogP contribution in [0.5, 0.6) is 0 Å². The van der Waals surface area contributed by atoms with Crippen molar-refractivity contribution >= 4 is 17.7 Å². The molecule has 15 heavy (non-hydrogen) atoms. The molecule has 1 aromatic rings. The number of rotatable bonds is 6. The number of carboxylic acid groups (broad SMARTS) is 1. The van der Waals surface area contributed by atoms with E-state index in [2.05, 4.69) is 0 Å². The van der Waals surface area contributed by atoms with E-state index in [1.807, 2.05) is 30.3 Å². The average molecular weight is 225 g/mol. The minimum absolute atomic E-state index is 0.393. The summed E-state index contributed by atoms with van der Waals surface area (Å²) in [5, 5.41) is 8.61. The number of nitrogens with two attached hydrogens (primary N) is 1. The molecule has 0 aliphatic rings. The van der Waals surface area contributed by atoms with Gasteiger partial charge in [0, 0.05) is 12.3 Å². The molecule has 4 heteroatoms. The van der Waals surface area contributed by atoms with Gasteiger partial charge in [0.1, 0.15) is 5.25 Å². The number of hydrogen-bond donors (Lipinski definition) is 2. The van der Waals surface area contributed by atoms with Crippen molar-refractivity contribution in [3.63, 3.8) is 0 Å². The first-order valence-electron chi connectivity index (χ1n) is 4.82. The fraction of sp³-hybridized carbons (Fsp3) is 0.364. The lowest BCUT2D eigenvalue weighted by molar-refractivity contribution is -0.136. The highest BCUT2D eigenvalue weighted by Gasteiger charge is 2.17. The molecule has 0 aromatic heterocycles. The van der Waals surface area contributed by atoms with E-state index in [0.29, 0.717) is 18.7 Å². The number of aliphatic carboxylic acids is 1. The van der Waals surface area contributed by atoms with Gasteiger partial charge in [0.15, 0.2) is 0 Å². The molecule has 0 saturated carbocycles. The van der Waals surface area contributed by atoms with Gasteiger partial charge in [0.05, 0.1) is 0 Å². The highest BCUT2D eigenvalue weighted by atomic mass is 32.2. The maximum Gasteiger partial charge on any atom is 0.316 e. The second-order valence-electron chi connectivity index (χ2n) is 3.18. The van der Waals surface area contributed by atoms with Gasteiger partial charge in [-0.2, -0.15) is 0 Å². The average Bonchev–Trinajstić information content (AvgIpc) is 2.25. The molecular weight excluding hydrogens is 210 g/mol. The molecule has 0 heterocycles. The first-order valence-corrected chi connectivity index (χ1v) is 5.87. The zero-order chi connectivity index (χ0) is 11.1. The molecule has 0 aliphatic heterocycles. The summed E-state index contributed by atoms with van der Waals surface area (Å²) < 4.78 is 0. The topological polar surface area (TPSA) is 63.3 Å². The molecule has 0 radical (unpaired) electrons. The minimum atomic E-state index is -0.766. The number of carbonyl (C=O) groups is 1. The maximum absolute atomic E-state index is 10.9. The molecule has 0 amide bonds. The van der Waals surface area contributed by atoms with Crippen molar-refractivity contribution in [2.45, 2.75) is 11.7 Å². The normalized spacial score (nSPS) is 12.3. The van der Waals surface area contributed by atoms with Gasteiger partial charge in [-0.25, -0.2) is 0 Å². The zero-order valence-corrected chi connectivity index (χ0v) is 9.24. The van der Waals surface area contributed by atoms with E-state index in [1.165, 1.54) is 11.8 Å². The quantitative estimate of drug-likeness (QED) is 0.767. The van der Waals surface area contributed by atoms with Gasteiger partial charge in [-0.1, -0.05) is 30.3 Å². The summed E-state index contributed by atoms with van der Waals surface area (Å²) in [7, 11) is 0. The van der Waals surface area contributed by atoms with E-state index in [4.69, 9.17) is 10.8 Å². The molecule has 1 aromatic carbocycles. The van der Waals surface area contributed by atoms with E-state index >= 15 is 0 Å². The summed E-state index contributed by atoms with van der Waals surface area (Å²) in [5.74, 6) is -0.0821. The van der Waals surface area contributed by atoms with Crippen LogP contribution in [0.1, 0.15) is 5.56 Å². The van der Waals surface area contributed by atoms with Crippen LogP contribution in [0.3, 0.4) is 0 Å². The van der Waals surface area contributed by atoms with Crippen LogP contribution < -0.4 is 5.73 Å². The Morgan fingerprint density at radius 1 is 1.40 bits per heavy atom. The second kappa shape index (κ2) is 6.48. The van der Waals surface area contributed by atoms with Gasteiger partial charge in [0.25, 0.3) is 0 Å². The molecule has 1 unspecified atom stereocenters. The van der Waals surface area contributed by atoms with Gasteiger partial charge in [-0.15, -0.1) is 11.8 Å². The van der Waals surface area contributed by atoms with Gasteiger partial charge in [0.2, 0.25) is 0 Å². The van der Waals surface area contributed by atoms with Crippen LogP contribution in [0.2, 0.25) is 0 Å². The van der Waals surface area contributed by atoms with Crippen molar-refractivity contribution in [3.8, 4) is 0 Å². The van der Waals surface area contributed by atoms with Gasteiger partial charge in [-0.05, 0) is 12.0 Å². The third kappa shape index (κ3) is 4.36. The Morgan fingerprint density at radius 3 is 2.60 bits per heavy atom. The number of benzene rings is 1. The number of carboxylic acids is 1. The Kier molecular flexibility index (Phi) is 5.21. The first-order chi connectivity index (χ1) is 7.24. The summed E-state index contributed by atoms with van der Waals surface area (Å²) in [6.45, 7) is 0.517. The molecule has 0 spiro atoms. The molecule has 0 fully saturated rings. The summed E-state index contributed by atoms with van der Waals surface area (Å²) in [5.41, 5.74) is 6.41. The van der Waals surface area contributed by atoms with Crippen LogP contribution in [0.4, 0.5) is 0 Å². The highest BCUT2D eigenvalue weighted by molar-refractivity contribution is 8.00. The second-order valence-corrected chi connectivity index (χ2v) is 4.49. The Balaban J connectivity index is 2.55. The molecule has 0 saturated heterocycles. The van der Waals surface area contributed by atoms with Crippen molar-refractivity contribution < 1.29 is 9.90 Å². The predicted molar refractivity (Wildman–Crippen MR) is 63.1 cm³/mol. The van der Waals surface area contributed by atoms with Crippen LogP contribution in [-0.4, -0.2) is 28.6 Å². The van der Waals surface area contributed by atoms with E-state index in [9.17, 15) is 4.79 Å². The maximum atomic E-state index is 10.9. The Labute approximate surface area is 93.7 Å². The van der Waals surface area contributed by atoms with Crippen molar-refractivity contribution in [2.24, 2.45) is 5.73 Å². The molecule has 0 bridgehead atoms. The standard InChI is InChI=1S/C11H15NO2S/c12-6-7-15-10(11(13)14)8-9-4-2-1-3-5-9/h1-5,10H,6-8,12H2,(H,13,14). The zero-order valence-electron chi connectivity index (χ0n) is 8.43. The molecular formula is C11H15NO2S. The van der Waals surface area contributed by atoms with Crippen molar-refractivity contribution in [1.29, 1.82) is 0 Å². The van der Waals surface area contributed by atoms with Crippen LogP contribution in [0, 0.1) is 0 Å².